The van der Waals surface area contributed by atoms with Crippen LogP contribution in [-0.2, 0) is 0 Å². The van der Waals surface area contributed by atoms with E-state index in [1.54, 1.807) is 6.26 Å². The third-order valence-corrected chi connectivity index (χ3v) is 2.73. The Bertz CT molecular complexity index is 291. The Kier molecular flexibility index (Phi) is 3.23. The maximum atomic E-state index is 13.0. The molecule has 0 bridgehead atoms. The molecule has 0 fully saturated rings. The van der Waals surface area contributed by atoms with Gasteiger partial charge in [0, 0.05) is 0 Å². The molecule has 0 radical (unpaired) electrons. The Balaban J connectivity index is 3.24. The molecule has 1 nitrogen and oxygen atoms in total. The smallest absolute Gasteiger partial charge is 0.138 e. The standard InChI is InChI=1S/C8H8ClFOS/c1-11-6-4-3-5(10)8(12-2)7(6)9/h3-4H,1-2H3. The first-order chi connectivity index (χ1) is 5.70. The molecule has 0 N–H and O–H groups in total. The maximum absolute atomic E-state index is 13.0. The molecule has 12 heavy (non-hydrogen) atoms. The second-order valence-corrected chi connectivity index (χ2v) is 3.29. The Morgan fingerprint density at radius 2 is 2.17 bits per heavy atom. The number of hydrogen-bond acceptors (Lipinski definition) is 2. The average Bonchev–Trinajstić information content (AvgIpc) is 2.06. The minimum absolute atomic E-state index is 0.312. The number of ether oxygens (including phenoxy) is 1. The maximum Gasteiger partial charge on any atom is 0.138 e. The second kappa shape index (κ2) is 4.01. The number of halogens is 2. The summed E-state index contributed by atoms with van der Waals surface area (Å²) in [5.74, 6) is 0.190. The van der Waals surface area contributed by atoms with Crippen molar-refractivity contribution in [2.24, 2.45) is 0 Å². The van der Waals surface area contributed by atoms with Crippen LogP contribution in [0.5, 0.6) is 5.75 Å². The van der Waals surface area contributed by atoms with E-state index in [1.165, 1.54) is 31.0 Å². The lowest BCUT2D eigenvalue weighted by Gasteiger charge is -2.06. The molecule has 0 aliphatic carbocycles. The third kappa shape index (κ3) is 1.67. The quantitative estimate of drug-likeness (QED) is 0.688. The zero-order chi connectivity index (χ0) is 9.14. The fourth-order valence-corrected chi connectivity index (χ4v) is 1.86. The zero-order valence-electron chi connectivity index (χ0n) is 6.73. The molecule has 0 atom stereocenters. The predicted octanol–water partition coefficient (Wildman–Crippen LogP) is 3.21. The molecule has 0 aromatic heterocycles. The Labute approximate surface area is 79.9 Å². The summed E-state index contributed by atoms with van der Waals surface area (Å²) in [6, 6.07) is 2.86. The van der Waals surface area contributed by atoms with Crippen LogP contribution in [0.25, 0.3) is 0 Å². The van der Waals surface area contributed by atoms with Crippen LogP contribution in [0, 0.1) is 5.82 Å². The Hall–Kier alpha value is -0.410. The van der Waals surface area contributed by atoms with Crippen molar-refractivity contribution >= 4 is 23.4 Å². The first kappa shape index (κ1) is 9.68. The van der Waals surface area contributed by atoms with Crippen molar-refractivity contribution in [1.82, 2.24) is 0 Å². The van der Waals surface area contributed by atoms with Crippen molar-refractivity contribution in [3.63, 3.8) is 0 Å². The molecular weight excluding hydrogens is 199 g/mol. The van der Waals surface area contributed by atoms with Gasteiger partial charge in [0.2, 0.25) is 0 Å². The summed E-state index contributed by atoms with van der Waals surface area (Å²) in [5, 5.41) is 0.338. The highest BCUT2D eigenvalue weighted by Gasteiger charge is 2.10. The average molecular weight is 207 g/mol. The lowest BCUT2D eigenvalue weighted by molar-refractivity contribution is 0.412. The Morgan fingerprint density at radius 1 is 1.50 bits per heavy atom. The highest BCUT2D eigenvalue weighted by molar-refractivity contribution is 7.98. The van der Waals surface area contributed by atoms with Crippen molar-refractivity contribution in [2.45, 2.75) is 4.90 Å². The molecule has 4 heteroatoms. The van der Waals surface area contributed by atoms with Crippen molar-refractivity contribution < 1.29 is 9.13 Å². The molecule has 0 unspecified atom stereocenters. The van der Waals surface area contributed by atoms with Crippen LogP contribution >= 0.6 is 23.4 Å². The van der Waals surface area contributed by atoms with Crippen LogP contribution < -0.4 is 4.74 Å². The van der Waals surface area contributed by atoms with Crippen LogP contribution in [0.4, 0.5) is 4.39 Å². The molecule has 1 aromatic rings. The largest absolute Gasteiger partial charge is 0.495 e. The molecule has 0 saturated heterocycles. The van der Waals surface area contributed by atoms with E-state index in [-0.39, 0.29) is 5.82 Å². The van der Waals surface area contributed by atoms with Gasteiger partial charge in [-0.3, -0.25) is 0 Å². The molecule has 66 valence electrons. The minimum Gasteiger partial charge on any atom is -0.495 e. The van der Waals surface area contributed by atoms with Gasteiger partial charge >= 0.3 is 0 Å². The highest BCUT2D eigenvalue weighted by Crippen LogP contribution is 2.35. The van der Waals surface area contributed by atoms with Gasteiger partial charge in [-0.1, -0.05) is 11.6 Å². The van der Waals surface area contributed by atoms with Gasteiger partial charge in [-0.2, -0.15) is 0 Å². The summed E-state index contributed by atoms with van der Waals surface area (Å²) in [6.07, 6.45) is 1.77. The van der Waals surface area contributed by atoms with Crippen LogP contribution in [-0.4, -0.2) is 13.4 Å². The summed E-state index contributed by atoms with van der Waals surface area (Å²) >= 11 is 7.09. The van der Waals surface area contributed by atoms with Gasteiger partial charge in [0.1, 0.15) is 11.6 Å². The van der Waals surface area contributed by atoms with Crippen LogP contribution in [0.3, 0.4) is 0 Å². The van der Waals surface area contributed by atoms with Crippen molar-refractivity contribution in [1.29, 1.82) is 0 Å². The first-order valence-corrected chi connectivity index (χ1v) is 4.87. The zero-order valence-corrected chi connectivity index (χ0v) is 8.30. The molecule has 0 aliphatic rings. The molecule has 0 amide bonds. The molecule has 1 aromatic carbocycles. The van der Waals surface area contributed by atoms with E-state index >= 15 is 0 Å². The lowest BCUT2D eigenvalue weighted by atomic mass is 10.3. The van der Waals surface area contributed by atoms with Crippen LogP contribution in [0.1, 0.15) is 0 Å². The minimum atomic E-state index is -0.312. The number of thioether (sulfide) groups is 1. The van der Waals surface area contributed by atoms with Gasteiger partial charge in [0.15, 0.2) is 0 Å². The summed E-state index contributed by atoms with van der Waals surface area (Å²) in [7, 11) is 1.50. The van der Waals surface area contributed by atoms with Crippen LogP contribution in [0.15, 0.2) is 17.0 Å². The van der Waals surface area contributed by atoms with E-state index < -0.39 is 0 Å². The van der Waals surface area contributed by atoms with Gasteiger partial charge in [-0.15, -0.1) is 11.8 Å². The number of methoxy groups -OCH3 is 1. The van der Waals surface area contributed by atoms with Gasteiger partial charge in [0.25, 0.3) is 0 Å². The summed E-state index contributed by atoms with van der Waals surface area (Å²) in [4.78, 5) is 0.427. The topological polar surface area (TPSA) is 9.23 Å². The highest BCUT2D eigenvalue weighted by atomic mass is 35.5. The first-order valence-electron chi connectivity index (χ1n) is 3.26. The third-order valence-electron chi connectivity index (χ3n) is 1.44. The van der Waals surface area contributed by atoms with Crippen molar-refractivity contribution in [2.75, 3.05) is 13.4 Å². The number of rotatable bonds is 2. The molecule has 0 spiro atoms. The van der Waals surface area contributed by atoms with Gasteiger partial charge in [-0.25, -0.2) is 4.39 Å². The SMILES string of the molecule is COc1ccc(F)c(SC)c1Cl. The molecule has 1 rings (SSSR count). The van der Waals surface area contributed by atoms with Gasteiger partial charge in [0.05, 0.1) is 17.0 Å². The lowest BCUT2D eigenvalue weighted by Crippen LogP contribution is -1.88. The van der Waals surface area contributed by atoms with E-state index in [0.717, 1.165) is 0 Å². The van der Waals surface area contributed by atoms with E-state index in [2.05, 4.69) is 0 Å². The monoisotopic (exact) mass is 206 g/mol. The normalized spacial score (nSPS) is 10.0. The van der Waals surface area contributed by atoms with Crippen molar-refractivity contribution in [3.05, 3.63) is 23.0 Å². The van der Waals surface area contributed by atoms with E-state index in [0.29, 0.717) is 15.7 Å². The van der Waals surface area contributed by atoms with E-state index in [1.807, 2.05) is 0 Å². The molecule has 0 aliphatic heterocycles. The predicted molar refractivity (Wildman–Crippen MR) is 49.7 cm³/mol. The van der Waals surface area contributed by atoms with E-state index in [4.69, 9.17) is 16.3 Å². The van der Waals surface area contributed by atoms with E-state index in [9.17, 15) is 4.39 Å². The Morgan fingerprint density at radius 3 is 2.67 bits per heavy atom. The summed E-state index contributed by atoms with van der Waals surface area (Å²) in [5.41, 5.74) is 0. The van der Waals surface area contributed by atoms with Crippen molar-refractivity contribution in [3.8, 4) is 5.75 Å². The fourth-order valence-electron chi connectivity index (χ4n) is 0.859. The molecule has 0 heterocycles. The summed E-state index contributed by atoms with van der Waals surface area (Å²) < 4.78 is 17.9. The number of hydrogen-bond donors (Lipinski definition) is 0. The molecular formula is C8H8ClFOS. The second-order valence-electron chi connectivity index (χ2n) is 2.10. The van der Waals surface area contributed by atoms with Gasteiger partial charge in [-0.05, 0) is 18.4 Å². The fraction of sp³-hybridized carbons (Fsp3) is 0.250. The molecule has 0 saturated carbocycles. The summed E-state index contributed by atoms with van der Waals surface area (Å²) in [6.45, 7) is 0. The number of benzene rings is 1. The van der Waals surface area contributed by atoms with Crippen LogP contribution in [0.2, 0.25) is 5.02 Å². The van der Waals surface area contributed by atoms with Gasteiger partial charge < -0.3 is 4.74 Å².